The molecule has 1 saturated heterocycles. The first kappa shape index (κ1) is 40.3. The van der Waals surface area contributed by atoms with Gasteiger partial charge in [0.1, 0.15) is 29.9 Å². The van der Waals surface area contributed by atoms with Crippen LogP contribution in [0, 0.1) is 6.92 Å². The summed E-state index contributed by atoms with van der Waals surface area (Å²) in [6, 6.07) is 33.2. The van der Waals surface area contributed by atoms with E-state index < -0.39 is 32.5 Å². The van der Waals surface area contributed by atoms with Crippen molar-refractivity contribution >= 4 is 36.3 Å². The van der Waals surface area contributed by atoms with E-state index in [1.165, 1.54) is 4.90 Å². The number of aliphatic carboxylic acids is 1. The molecule has 1 aliphatic rings. The molecule has 2 heterocycles. The molecule has 1 N–H and O–H groups in total. The molecule has 5 aromatic rings. The van der Waals surface area contributed by atoms with Crippen LogP contribution in [0.1, 0.15) is 62.2 Å². The fourth-order valence-corrected chi connectivity index (χ4v) is 7.09. The number of hydrogen-bond acceptors (Lipinski definition) is 7. The van der Waals surface area contributed by atoms with Gasteiger partial charge in [-0.25, -0.2) is 14.6 Å². The highest BCUT2D eigenvalue weighted by Crippen LogP contribution is 2.39. The van der Waals surface area contributed by atoms with Gasteiger partial charge in [-0.2, -0.15) is 0 Å². The number of nitrogens with zero attached hydrogens (tertiary/aromatic N) is 2. The second kappa shape index (κ2) is 18.0. The number of rotatable bonds is 11. The summed E-state index contributed by atoms with van der Waals surface area (Å²) >= 11 is 3.42. The molecule has 4 aromatic carbocycles. The van der Waals surface area contributed by atoms with Gasteiger partial charge in [0, 0.05) is 16.5 Å². The van der Waals surface area contributed by atoms with Crippen molar-refractivity contribution < 1.29 is 33.0 Å². The van der Waals surface area contributed by atoms with E-state index in [4.69, 9.17) is 18.3 Å². The van der Waals surface area contributed by atoms with Crippen LogP contribution in [0.25, 0.3) is 11.5 Å². The highest BCUT2D eigenvalue weighted by Gasteiger charge is 2.43. The SMILES string of the molecule is CC(C)(C)[Si](C)(C)Oc1ccc(Br)cc1.Cc1oc(-c2ccccc2)nc1CCOc1ccc([C@@H]2CC[C@@H](C(=O)O)N2C(=O)OCc2ccccc2)cc1. The number of hydrogen-bond donors (Lipinski definition) is 1. The van der Waals surface area contributed by atoms with E-state index in [1.54, 1.807) is 0 Å². The number of likely N-dealkylation sites (tertiary alicyclic amines) is 1. The summed E-state index contributed by atoms with van der Waals surface area (Å²) in [5.74, 6) is 1.98. The summed E-state index contributed by atoms with van der Waals surface area (Å²) in [5.41, 5.74) is 3.45. The molecule has 1 aliphatic heterocycles. The number of halogens is 1. The molecule has 284 valence electrons. The molecule has 9 nitrogen and oxygen atoms in total. The highest BCUT2D eigenvalue weighted by molar-refractivity contribution is 9.10. The van der Waals surface area contributed by atoms with Crippen molar-refractivity contribution in [2.24, 2.45) is 0 Å². The van der Waals surface area contributed by atoms with Crippen LogP contribution >= 0.6 is 15.9 Å². The van der Waals surface area contributed by atoms with Crippen molar-refractivity contribution in [2.45, 2.75) is 83.8 Å². The summed E-state index contributed by atoms with van der Waals surface area (Å²) in [6.45, 7) is 13.7. The van der Waals surface area contributed by atoms with Gasteiger partial charge in [0.2, 0.25) is 14.2 Å². The average Bonchev–Trinajstić information content (AvgIpc) is 3.77. The number of amides is 1. The van der Waals surface area contributed by atoms with Crippen LogP contribution in [0.3, 0.4) is 0 Å². The number of oxazole rings is 1. The van der Waals surface area contributed by atoms with E-state index in [2.05, 4.69) is 54.8 Å². The number of carboxylic acids is 1. The number of ether oxygens (including phenoxy) is 2. The van der Waals surface area contributed by atoms with Crippen LogP contribution < -0.4 is 9.16 Å². The Hall–Kier alpha value is -4.87. The maximum atomic E-state index is 13.0. The fourth-order valence-electron chi connectivity index (χ4n) is 5.80. The molecule has 0 spiro atoms. The van der Waals surface area contributed by atoms with Crippen molar-refractivity contribution in [3.63, 3.8) is 0 Å². The molecule has 0 saturated carbocycles. The van der Waals surface area contributed by atoms with Gasteiger partial charge in [0.05, 0.1) is 18.3 Å². The van der Waals surface area contributed by atoms with Gasteiger partial charge in [0.15, 0.2) is 0 Å². The topological polar surface area (TPSA) is 111 Å². The smallest absolute Gasteiger partial charge is 0.411 e. The third kappa shape index (κ3) is 10.6. The molecule has 1 aromatic heterocycles. The molecule has 2 atom stereocenters. The molecule has 0 aliphatic carbocycles. The van der Waals surface area contributed by atoms with E-state index in [9.17, 15) is 14.7 Å². The molecule has 6 rings (SSSR count). The van der Waals surface area contributed by atoms with Crippen LogP contribution in [0.4, 0.5) is 4.79 Å². The number of benzene rings is 4. The summed E-state index contributed by atoms with van der Waals surface area (Å²) in [6.07, 6.45) is 0.855. The highest BCUT2D eigenvalue weighted by atomic mass is 79.9. The quantitative estimate of drug-likeness (QED) is 0.131. The van der Waals surface area contributed by atoms with Gasteiger partial charge in [0.25, 0.3) is 0 Å². The number of aromatic nitrogens is 1. The van der Waals surface area contributed by atoms with Gasteiger partial charge in [-0.3, -0.25) is 4.90 Å². The average molecular weight is 814 g/mol. The van der Waals surface area contributed by atoms with Gasteiger partial charge < -0.3 is 23.4 Å². The molecule has 0 unspecified atom stereocenters. The maximum Gasteiger partial charge on any atom is 0.411 e. The van der Waals surface area contributed by atoms with Crippen molar-refractivity contribution in [1.29, 1.82) is 0 Å². The predicted molar refractivity (Wildman–Crippen MR) is 216 cm³/mol. The normalized spacial score (nSPS) is 15.6. The zero-order valence-corrected chi connectivity index (χ0v) is 34.3. The van der Waals surface area contributed by atoms with Crippen LogP contribution in [-0.4, -0.2) is 48.0 Å². The lowest BCUT2D eigenvalue weighted by Gasteiger charge is -2.36. The van der Waals surface area contributed by atoms with Gasteiger partial charge in [-0.1, -0.05) is 97.4 Å². The first-order chi connectivity index (χ1) is 25.7. The Balaban J connectivity index is 0.000000314. The first-order valence-corrected chi connectivity index (χ1v) is 21.8. The Morgan fingerprint density at radius 2 is 1.50 bits per heavy atom. The van der Waals surface area contributed by atoms with E-state index in [0.29, 0.717) is 37.5 Å². The largest absolute Gasteiger partial charge is 0.544 e. The van der Waals surface area contributed by atoms with E-state index >= 15 is 0 Å². The molecule has 0 bridgehead atoms. The lowest BCUT2D eigenvalue weighted by Crippen LogP contribution is -2.43. The third-order valence-corrected chi connectivity index (χ3v) is 14.8. The minimum absolute atomic E-state index is 0.0832. The molecule has 0 radical (unpaired) electrons. The summed E-state index contributed by atoms with van der Waals surface area (Å²) in [7, 11) is -1.68. The Labute approximate surface area is 327 Å². The van der Waals surface area contributed by atoms with Gasteiger partial charge >= 0.3 is 12.1 Å². The van der Waals surface area contributed by atoms with Crippen LogP contribution in [0.15, 0.2) is 118 Å². The van der Waals surface area contributed by atoms with Crippen LogP contribution in [-0.2, 0) is 22.6 Å². The van der Waals surface area contributed by atoms with Crippen molar-refractivity contribution in [3.8, 4) is 23.0 Å². The summed E-state index contributed by atoms with van der Waals surface area (Å²) in [4.78, 5) is 30.8. The van der Waals surface area contributed by atoms with Crippen LogP contribution in [0.5, 0.6) is 11.5 Å². The molecule has 11 heteroatoms. The number of carboxylic acid groups (broad SMARTS) is 1. The Morgan fingerprint density at radius 1 is 0.889 bits per heavy atom. The third-order valence-electron chi connectivity index (χ3n) is 9.86. The molecular formula is C43H49BrN2O7Si. The predicted octanol–water partition coefficient (Wildman–Crippen LogP) is 11.0. The Kier molecular flexibility index (Phi) is 13.4. The minimum Gasteiger partial charge on any atom is -0.544 e. The Morgan fingerprint density at radius 3 is 2.11 bits per heavy atom. The molecular weight excluding hydrogens is 764 g/mol. The molecule has 1 amide bonds. The second-order valence-corrected chi connectivity index (χ2v) is 20.4. The minimum atomic E-state index is -1.68. The second-order valence-electron chi connectivity index (χ2n) is 14.8. The zero-order valence-electron chi connectivity index (χ0n) is 31.8. The lowest BCUT2D eigenvalue weighted by atomic mass is 10.0. The lowest BCUT2D eigenvalue weighted by molar-refractivity contribution is -0.142. The standard InChI is InChI=1S/C31H30N2O6.C12H19BrOSi/c1-21-26(32-29(39-21)24-10-6-3-7-11-24)18-19-37-25-14-12-23(13-15-25)27-16-17-28(30(34)35)33(27)31(36)38-20-22-8-4-2-5-9-22;1-12(2,3)15(4,5)14-11-8-6-10(13)7-9-11/h2-15,27-28H,16-20H2,1H3,(H,34,35);6-9H,1-5H3/t27-,28-;/m0./s1. The number of carbonyl (C=O) groups is 2. The molecule has 54 heavy (non-hydrogen) atoms. The first-order valence-electron chi connectivity index (χ1n) is 18.1. The van der Waals surface area contributed by atoms with Gasteiger partial charge in [-0.15, -0.1) is 0 Å². The summed E-state index contributed by atoms with van der Waals surface area (Å²) < 4.78 is 24.5. The molecule has 1 fully saturated rings. The van der Waals surface area contributed by atoms with E-state index in [-0.39, 0.29) is 11.6 Å². The van der Waals surface area contributed by atoms with E-state index in [0.717, 1.165) is 38.4 Å². The van der Waals surface area contributed by atoms with Crippen LogP contribution in [0.2, 0.25) is 18.1 Å². The van der Waals surface area contributed by atoms with Crippen molar-refractivity contribution in [3.05, 3.63) is 136 Å². The number of aryl methyl sites for hydroxylation is 1. The van der Waals surface area contributed by atoms with Gasteiger partial charge in [-0.05, 0) is 97.6 Å². The fraction of sp³-hybridized carbons (Fsp3) is 0.326. The zero-order chi connectivity index (χ0) is 38.9. The van der Waals surface area contributed by atoms with E-state index in [1.807, 2.05) is 116 Å². The number of carbonyl (C=O) groups excluding carboxylic acids is 1. The van der Waals surface area contributed by atoms with Crippen molar-refractivity contribution in [2.75, 3.05) is 6.61 Å². The maximum absolute atomic E-state index is 13.0. The monoisotopic (exact) mass is 812 g/mol. The van der Waals surface area contributed by atoms with Crippen molar-refractivity contribution in [1.82, 2.24) is 9.88 Å². The summed E-state index contributed by atoms with van der Waals surface area (Å²) in [5, 5.41) is 9.97. The Bertz CT molecular complexity index is 1960.